The van der Waals surface area contributed by atoms with E-state index in [0.717, 1.165) is 63.4 Å². The van der Waals surface area contributed by atoms with Crippen molar-refractivity contribution in [1.82, 2.24) is 29.9 Å². The molecule has 1 spiro atoms. The van der Waals surface area contributed by atoms with Crippen LogP contribution in [0.1, 0.15) is 42.0 Å². The average molecular weight is 469 g/mol. The second-order valence-corrected chi connectivity index (χ2v) is 8.36. The van der Waals surface area contributed by atoms with Crippen LogP contribution >= 0.6 is 0 Å². The van der Waals surface area contributed by atoms with E-state index in [4.69, 9.17) is 9.90 Å². The summed E-state index contributed by atoms with van der Waals surface area (Å²) < 4.78 is 33.3. The van der Waals surface area contributed by atoms with Gasteiger partial charge in [-0.1, -0.05) is 0 Å². The monoisotopic (exact) mass is 469 g/mol. The zero-order valence-electron chi connectivity index (χ0n) is 18.4. The van der Waals surface area contributed by atoms with E-state index in [0.29, 0.717) is 11.2 Å². The molecule has 1 amide bonds. The molecule has 2 fully saturated rings. The third-order valence-electron chi connectivity index (χ3n) is 6.08. The SMILES string of the molecule is Cc1ccc(N2CCC3(CCN(C(=O)c4ncn(C)n4)CC3)CC2)nn1.O=C(O)C(F)(F)F. The number of carbonyl (C=O) groups excluding carboxylic acids is 1. The van der Waals surface area contributed by atoms with Crippen molar-refractivity contribution in [2.45, 2.75) is 38.8 Å². The van der Waals surface area contributed by atoms with Gasteiger partial charge in [0.05, 0.1) is 5.69 Å². The Hall–Kier alpha value is -3.25. The van der Waals surface area contributed by atoms with E-state index in [9.17, 15) is 18.0 Å². The number of hydrogen-bond acceptors (Lipinski definition) is 7. The first kappa shape index (κ1) is 24.4. The van der Waals surface area contributed by atoms with E-state index >= 15 is 0 Å². The first-order valence-electron chi connectivity index (χ1n) is 10.5. The predicted molar refractivity (Wildman–Crippen MR) is 110 cm³/mol. The molecule has 2 aromatic rings. The van der Waals surface area contributed by atoms with Crippen LogP contribution in [0, 0.1) is 12.3 Å². The Morgan fingerprint density at radius 2 is 1.61 bits per heavy atom. The highest BCUT2D eigenvalue weighted by atomic mass is 19.4. The van der Waals surface area contributed by atoms with Crippen LogP contribution in [0.15, 0.2) is 18.5 Å². The van der Waals surface area contributed by atoms with Crippen LogP contribution in [-0.4, -0.2) is 79.2 Å². The first-order valence-corrected chi connectivity index (χ1v) is 10.5. The quantitative estimate of drug-likeness (QED) is 0.711. The largest absolute Gasteiger partial charge is 0.490 e. The third-order valence-corrected chi connectivity index (χ3v) is 6.08. The fourth-order valence-electron chi connectivity index (χ4n) is 4.03. The zero-order chi connectivity index (χ0) is 24.2. The van der Waals surface area contributed by atoms with Gasteiger partial charge in [-0.05, 0) is 50.2 Å². The number of alkyl halides is 3. The summed E-state index contributed by atoms with van der Waals surface area (Å²) in [5.74, 6) is -1.53. The van der Waals surface area contributed by atoms with Gasteiger partial charge >= 0.3 is 12.1 Å². The molecule has 2 aliphatic heterocycles. The van der Waals surface area contributed by atoms with E-state index < -0.39 is 12.1 Å². The Morgan fingerprint density at radius 1 is 1.03 bits per heavy atom. The molecule has 0 aliphatic carbocycles. The molecule has 0 aromatic carbocycles. The number of carboxylic acid groups (broad SMARTS) is 1. The lowest BCUT2D eigenvalue weighted by Crippen LogP contribution is -2.48. The Bertz CT molecular complexity index is 960. The summed E-state index contributed by atoms with van der Waals surface area (Å²) >= 11 is 0. The molecule has 33 heavy (non-hydrogen) atoms. The Balaban J connectivity index is 0.000000383. The van der Waals surface area contributed by atoms with Crippen LogP contribution in [0.4, 0.5) is 19.0 Å². The molecular formula is C20H26F3N7O3. The summed E-state index contributed by atoms with van der Waals surface area (Å²) in [6.07, 6.45) is 0.888. The van der Waals surface area contributed by atoms with Gasteiger partial charge in [0.2, 0.25) is 5.82 Å². The molecule has 1 N–H and O–H groups in total. The second kappa shape index (κ2) is 9.71. The Labute approximate surface area is 188 Å². The van der Waals surface area contributed by atoms with Crippen LogP contribution < -0.4 is 4.90 Å². The minimum Gasteiger partial charge on any atom is -0.475 e. The van der Waals surface area contributed by atoms with Crippen LogP contribution in [-0.2, 0) is 11.8 Å². The first-order chi connectivity index (χ1) is 15.5. The molecule has 2 aliphatic rings. The van der Waals surface area contributed by atoms with Crippen molar-refractivity contribution in [1.29, 1.82) is 0 Å². The van der Waals surface area contributed by atoms with Crippen LogP contribution in [0.2, 0.25) is 0 Å². The standard InChI is InChI=1S/C18H25N7O.C2HF3O2/c1-14-3-4-15(21-20-14)24-9-5-18(6-10-24)7-11-25(12-8-18)17(26)16-19-13-23(2)22-16;3-2(4,5)1(6)7/h3-4,13H,5-12H2,1-2H3;(H,6,7). The lowest BCUT2D eigenvalue weighted by atomic mass is 9.71. The fourth-order valence-corrected chi connectivity index (χ4v) is 4.03. The maximum absolute atomic E-state index is 12.5. The van der Waals surface area contributed by atoms with E-state index in [-0.39, 0.29) is 5.91 Å². The van der Waals surface area contributed by atoms with Gasteiger partial charge in [-0.15, -0.1) is 10.2 Å². The molecule has 180 valence electrons. The molecule has 0 radical (unpaired) electrons. The maximum atomic E-state index is 12.5. The lowest BCUT2D eigenvalue weighted by Gasteiger charge is -2.46. The maximum Gasteiger partial charge on any atom is 0.490 e. The number of halogens is 3. The van der Waals surface area contributed by atoms with Crippen LogP contribution in [0.25, 0.3) is 0 Å². The highest BCUT2D eigenvalue weighted by Crippen LogP contribution is 2.42. The molecule has 0 bridgehead atoms. The number of aliphatic carboxylic acids is 1. The van der Waals surface area contributed by atoms with E-state index in [1.165, 1.54) is 0 Å². The number of aromatic nitrogens is 5. The minimum atomic E-state index is -5.08. The Kier molecular flexibility index (Phi) is 7.18. The highest BCUT2D eigenvalue weighted by Gasteiger charge is 2.39. The van der Waals surface area contributed by atoms with Gasteiger partial charge in [0.15, 0.2) is 5.82 Å². The molecular weight excluding hydrogens is 443 g/mol. The van der Waals surface area contributed by atoms with Gasteiger partial charge in [-0.2, -0.15) is 18.3 Å². The number of aryl methyl sites for hydroxylation is 2. The van der Waals surface area contributed by atoms with Crippen molar-refractivity contribution < 1.29 is 27.9 Å². The van der Waals surface area contributed by atoms with Crippen molar-refractivity contribution in [3.05, 3.63) is 30.0 Å². The predicted octanol–water partition coefficient (Wildman–Crippen LogP) is 2.07. The van der Waals surface area contributed by atoms with Crippen molar-refractivity contribution in [2.75, 3.05) is 31.1 Å². The number of anilines is 1. The van der Waals surface area contributed by atoms with Crippen molar-refractivity contribution in [3.8, 4) is 0 Å². The topological polar surface area (TPSA) is 117 Å². The molecule has 0 atom stereocenters. The van der Waals surface area contributed by atoms with Gasteiger partial charge in [-0.25, -0.2) is 9.78 Å². The molecule has 4 heterocycles. The van der Waals surface area contributed by atoms with Gasteiger partial charge in [0.1, 0.15) is 6.33 Å². The van der Waals surface area contributed by atoms with E-state index in [1.54, 1.807) is 18.1 Å². The molecule has 10 nitrogen and oxygen atoms in total. The van der Waals surface area contributed by atoms with Crippen LogP contribution in [0.5, 0.6) is 0 Å². The van der Waals surface area contributed by atoms with Crippen molar-refractivity contribution >= 4 is 17.7 Å². The van der Waals surface area contributed by atoms with Crippen LogP contribution in [0.3, 0.4) is 0 Å². The number of carboxylic acids is 1. The zero-order valence-corrected chi connectivity index (χ0v) is 18.4. The van der Waals surface area contributed by atoms with E-state index in [1.807, 2.05) is 17.9 Å². The average Bonchev–Trinajstić information content (AvgIpc) is 3.21. The number of likely N-dealkylation sites (tertiary alicyclic amines) is 1. The Morgan fingerprint density at radius 3 is 2.06 bits per heavy atom. The van der Waals surface area contributed by atoms with Gasteiger partial charge in [0, 0.05) is 33.2 Å². The minimum absolute atomic E-state index is 0.0483. The summed E-state index contributed by atoms with van der Waals surface area (Å²) in [7, 11) is 1.78. The summed E-state index contributed by atoms with van der Waals surface area (Å²) in [6, 6.07) is 4.07. The number of nitrogens with zero attached hydrogens (tertiary/aromatic N) is 7. The number of piperidine rings is 2. The van der Waals surface area contributed by atoms with Gasteiger partial charge in [-0.3, -0.25) is 9.48 Å². The number of carbonyl (C=O) groups is 2. The number of hydrogen-bond donors (Lipinski definition) is 1. The normalized spacial score (nSPS) is 18.0. The molecule has 0 unspecified atom stereocenters. The summed E-state index contributed by atoms with van der Waals surface area (Å²) in [5, 5.41) is 19.7. The molecule has 2 aromatic heterocycles. The highest BCUT2D eigenvalue weighted by molar-refractivity contribution is 5.90. The third kappa shape index (κ3) is 6.17. The van der Waals surface area contributed by atoms with Gasteiger partial charge in [0.25, 0.3) is 5.91 Å². The molecule has 2 saturated heterocycles. The fraction of sp³-hybridized carbons (Fsp3) is 0.600. The second-order valence-electron chi connectivity index (χ2n) is 8.36. The van der Waals surface area contributed by atoms with Gasteiger partial charge < -0.3 is 14.9 Å². The molecule has 0 saturated carbocycles. The number of amides is 1. The summed E-state index contributed by atoms with van der Waals surface area (Å²) in [4.78, 5) is 29.7. The summed E-state index contributed by atoms with van der Waals surface area (Å²) in [6.45, 7) is 5.56. The molecule has 4 rings (SSSR count). The molecule has 13 heteroatoms. The summed E-state index contributed by atoms with van der Waals surface area (Å²) in [5.41, 5.74) is 1.30. The van der Waals surface area contributed by atoms with E-state index in [2.05, 4.69) is 31.2 Å². The smallest absolute Gasteiger partial charge is 0.475 e. The number of rotatable bonds is 2. The van der Waals surface area contributed by atoms with Crippen molar-refractivity contribution in [2.24, 2.45) is 12.5 Å². The lowest BCUT2D eigenvalue weighted by molar-refractivity contribution is -0.192. The van der Waals surface area contributed by atoms with Crippen molar-refractivity contribution in [3.63, 3.8) is 0 Å².